The second-order valence-corrected chi connectivity index (χ2v) is 4.41. The quantitative estimate of drug-likeness (QED) is 0.858. The largest absolute Gasteiger partial charge is 0.478 e. The maximum absolute atomic E-state index is 13.1. The molecule has 0 aliphatic carbocycles. The van der Waals surface area contributed by atoms with Crippen molar-refractivity contribution in [2.45, 2.75) is 17.9 Å². The second-order valence-electron chi connectivity index (χ2n) is 3.48. The Kier molecular flexibility index (Phi) is 3.61. The van der Waals surface area contributed by atoms with Crippen molar-refractivity contribution in [2.24, 2.45) is 0 Å². The van der Waals surface area contributed by atoms with Gasteiger partial charge in [-0.15, -0.1) is 10.2 Å². The maximum atomic E-state index is 13.1. The van der Waals surface area contributed by atoms with Gasteiger partial charge in [0.1, 0.15) is 5.82 Å². The summed E-state index contributed by atoms with van der Waals surface area (Å²) in [7, 11) is 0. The Bertz CT molecular complexity index is 585. The fraction of sp³-hybridized carbons (Fsp3) is 0.182. The first kappa shape index (κ1) is 12.6. The topological polar surface area (TPSA) is 76.2 Å². The van der Waals surface area contributed by atoms with Gasteiger partial charge in [-0.1, -0.05) is 11.8 Å². The summed E-state index contributed by atoms with van der Waals surface area (Å²) in [5, 5.41) is 16.7. The summed E-state index contributed by atoms with van der Waals surface area (Å²) in [5.41, 5.74) is 0.448. The van der Waals surface area contributed by atoms with Crippen molar-refractivity contribution in [2.75, 3.05) is 0 Å². The van der Waals surface area contributed by atoms with Crippen LogP contribution in [-0.2, 0) is 5.75 Å². The third-order valence-corrected chi connectivity index (χ3v) is 3.02. The van der Waals surface area contributed by atoms with Gasteiger partial charge in [0, 0.05) is 12.7 Å². The first-order chi connectivity index (χ1) is 8.56. The van der Waals surface area contributed by atoms with E-state index < -0.39 is 11.8 Å². The van der Waals surface area contributed by atoms with E-state index >= 15 is 0 Å². The van der Waals surface area contributed by atoms with Crippen LogP contribution in [0, 0.1) is 12.7 Å². The van der Waals surface area contributed by atoms with E-state index in [1.165, 1.54) is 12.1 Å². The Hall–Kier alpha value is -1.89. The molecule has 0 aliphatic rings. The molecule has 0 aliphatic heterocycles. The van der Waals surface area contributed by atoms with Gasteiger partial charge in [-0.3, -0.25) is 0 Å². The zero-order valence-corrected chi connectivity index (χ0v) is 10.2. The summed E-state index contributed by atoms with van der Waals surface area (Å²) in [4.78, 5) is 11.0. The van der Waals surface area contributed by atoms with Gasteiger partial charge in [-0.05, 0) is 23.8 Å². The lowest BCUT2D eigenvalue weighted by atomic mass is 10.1. The Morgan fingerprint density at radius 3 is 2.89 bits per heavy atom. The number of benzene rings is 1. The molecule has 2 rings (SSSR count). The minimum atomic E-state index is -1.09. The summed E-state index contributed by atoms with van der Waals surface area (Å²) in [6, 6.07) is 3.56. The molecule has 0 unspecified atom stereocenters. The van der Waals surface area contributed by atoms with Crippen LogP contribution in [0.5, 0.6) is 0 Å². The molecule has 0 saturated carbocycles. The molecule has 0 radical (unpaired) electrons. The van der Waals surface area contributed by atoms with Gasteiger partial charge >= 0.3 is 5.97 Å². The number of hydrogen-bond donors (Lipinski definition) is 1. The summed E-state index contributed by atoms with van der Waals surface area (Å²) >= 11 is 1.16. The molecule has 0 spiro atoms. The average Bonchev–Trinajstić information content (AvgIpc) is 2.72. The van der Waals surface area contributed by atoms with E-state index in [0.29, 0.717) is 16.7 Å². The third kappa shape index (κ3) is 2.86. The van der Waals surface area contributed by atoms with Crippen LogP contribution in [-0.4, -0.2) is 21.3 Å². The molecule has 7 heteroatoms. The van der Waals surface area contributed by atoms with Crippen LogP contribution in [0.15, 0.2) is 27.8 Å². The number of nitrogens with zero attached hydrogens (tertiary/aromatic N) is 2. The number of carboxylic acids is 1. The molecule has 0 amide bonds. The standard InChI is InChI=1S/C11H9FN2O3S/c1-6-13-14-11(17-6)18-5-7-4-8(12)2-3-9(7)10(15)16/h2-4H,5H2,1H3,(H,15,16). The number of aryl methyl sites for hydroxylation is 1. The number of halogens is 1. The van der Waals surface area contributed by atoms with Crippen LogP contribution in [0.3, 0.4) is 0 Å². The molecule has 1 aromatic carbocycles. The van der Waals surface area contributed by atoms with Crippen molar-refractivity contribution in [3.8, 4) is 0 Å². The van der Waals surface area contributed by atoms with Crippen molar-refractivity contribution in [1.82, 2.24) is 10.2 Å². The lowest BCUT2D eigenvalue weighted by Gasteiger charge is -2.04. The van der Waals surface area contributed by atoms with Crippen LogP contribution in [0.4, 0.5) is 4.39 Å². The number of thioether (sulfide) groups is 1. The zero-order chi connectivity index (χ0) is 13.1. The molecule has 1 heterocycles. The van der Waals surface area contributed by atoms with Gasteiger partial charge in [0.2, 0.25) is 5.89 Å². The second kappa shape index (κ2) is 5.18. The SMILES string of the molecule is Cc1nnc(SCc2cc(F)ccc2C(=O)O)o1. The molecule has 94 valence electrons. The minimum absolute atomic E-state index is 0.0696. The molecule has 0 fully saturated rings. The van der Waals surface area contributed by atoms with Crippen molar-refractivity contribution in [1.29, 1.82) is 0 Å². The van der Waals surface area contributed by atoms with Gasteiger partial charge in [0.25, 0.3) is 5.22 Å². The highest BCUT2D eigenvalue weighted by Crippen LogP contribution is 2.24. The third-order valence-electron chi connectivity index (χ3n) is 2.16. The smallest absolute Gasteiger partial charge is 0.335 e. The maximum Gasteiger partial charge on any atom is 0.335 e. The van der Waals surface area contributed by atoms with Gasteiger partial charge in [0.05, 0.1) is 5.56 Å². The molecule has 0 atom stereocenters. The summed E-state index contributed by atoms with van der Waals surface area (Å²) in [6.07, 6.45) is 0. The van der Waals surface area contributed by atoms with Gasteiger partial charge < -0.3 is 9.52 Å². The van der Waals surface area contributed by atoms with E-state index in [4.69, 9.17) is 9.52 Å². The van der Waals surface area contributed by atoms with Crippen molar-refractivity contribution < 1.29 is 18.7 Å². The van der Waals surface area contributed by atoms with E-state index in [2.05, 4.69) is 10.2 Å². The van der Waals surface area contributed by atoms with Gasteiger partial charge in [-0.25, -0.2) is 9.18 Å². The van der Waals surface area contributed by atoms with E-state index in [0.717, 1.165) is 17.8 Å². The molecular weight excluding hydrogens is 259 g/mol. The monoisotopic (exact) mass is 268 g/mol. The molecule has 1 aromatic heterocycles. The molecule has 0 bridgehead atoms. The Morgan fingerprint density at radius 2 is 2.28 bits per heavy atom. The van der Waals surface area contributed by atoms with E-state index in [1.54, 1.807) is 6.92 Å². The molecule has 0 saturated heterocycles. The fourth-order valence-corrected chi connectivity index (χ4v) is 2.16. The molecular formula is C11H9FN2O3S. The van der Waals surface area contributed by atoms with Gasteiger partial charge in [-0.2, -0.15) is 0 Å². The van der Waals surface area contributed by atoms with Gasteiger partial charge in [0.15, 0.2) is 0 Å². The van der Waals surface area contributed by atoms with Crippen LogP contribution in [0.1, 0.15) is 21.8 Å². The lowest BCUT2D eigenvalue weighted by molar-refractivity contribution is 0.0696. The zero-order valence-electron chi connectivity index (χ0n) is 9.38. The lowest BCUT2D eigenvalue weighted by Crippen LogP contribution is -2.02. The first-order valence-corrected chi connectivity index (χ1v) is 5.99. The predicted molar refractivity (Wildman–Crippen MR) is 62.0 cm³/mol. The van der Waals surface area contributed by atoms with E-state index in [9.17, 15) is 9.18 Å². The Labute approximate surface area is 106 Å². The van der Waals surface area contributed by atoms with Crippen molar-refractivity contribution in [3.63, 3.8) is 0 Å². The van der Waals surface area contributed by atoms with Crippen molar-refractivity contribution >= 4 is 17.7 Å². The highest BCUT2D eigenvalue weighted by atomic mass is 32.2. The number of hydrogen-bond acceptors (Lipinski definition) is 5. The molecule has 5 nitrogen and oxygen atoms in total. The average molecular weight is 268 g/mol. The molecule has 1 N–H and O–H groups in total. The van der Waals surface area contributed by atoms with Crippen molar-refractivity contribution in [3.05, 3.63) is 41.0 Å². The highest BCUT2D eigenvalue weighted by molar-refractivity contribution is 7.98. The van der Waals surface area contributed by atoms with Crippen LogP contribution in [0.2, 0.25) is 0 Å². The number of aromatic nitrogens is 2. The number of aromatic carboxylic acids is 1. The number of carboxylic acid groups (broad SMARTS) is 1. The Balaban J connectivity index is 2.17. The highest BCUT2D eigenvalue weighted by Gasteiger charge is 2.12. The first-order valence-electron chi connectivity index (χ1n) is 5.01. The molecule has 18 heavy (non-hydrogen) atoms. The van der Waals surface area contributed by atoms with Crippen LogP contribution in [0.25, 0.3) is 0 Å². The summed E-state index contributed by atoms with van der Waals surface area (Å²) in [6.45, 7) is 1.65. The minimum Gasteiger partial charge on any atom is -0.478 e. The number of carbonyl (C=O) groups is 1. The normalized spacial score (nSPS) is 10.6. The Morgan fingerprint density at radius 1 is 1.50 bits per heavy atom. The van der Waals surface area contributed by atoms with Crippen LogP contribution < -0.4 is 0 Å². The van der Waals surface area contributed by atoms with Crippen LogP contribution >= 0.6 is 11.8 Å². The summed E-state index contributed by atoms with van der Waals surface area (Å²) < 4.78 is 18.2. The fourth-order valence-electron chi connectivity index (χ4n) is 1.37. The number of rotatable bonds is 4. The van der Waals surface area contributed by atoms with E-state index in [1.807, 2.05) is 0 Å². The predicted octanol–water partition coefficient (Wildman–Crippen LogP) is 2.51. The summed E-state index contributed by atoms with van der Waals surface area (Å²) in [5.74, 6) is -0.888. The van der Waals surface area contributed by atoms with E-state index in [-0.39, 0.29) is 11.3 Å². The molecule has 2 aromatic rings.